The molecule has 2 aliphatic carbocycles. The summed E-state index contributed by atoms with van der Waals surface area (Å²) in [6, 6.07) is 2.31. The Hall–Kier alpha value is -1.04. The lowest BCUT2D eigenvalue weighted by Gasteiger charge is -2.31. The molecule has 2 fully saturated rings. The summed E-state index contributed by atoms with van der Waals surface area (Å²) >= 11 is 0. The van der Waals surface area contributed by atoms with Crippen molar-refractivity contribution in [1.82, 2.24) is 5.32 Å². The Morgan fingerprint density at radius 3 is 2.77 bits per heavy atom. The number of nitriles is 1. The fraction of sp³-hybridized carbons (Fsp3) is 0.800. The standard InChI is InChI=1S/C10H14N2O/c1-7(13)12-10(6-11)5-8-2-3-9(10)4-8/h8-9H,2-5H2,1H3,(H,12,13)/t8-,9-,10-/m0/s1. The Morgan fingerprint density at radius 1 is 1.62 bits per heavy atom. The van der Waals surface area contributed by atoms with Gasteiger partial charge in [-0.15, -0.1) is 0 Å². The van der Waals surface area contributed by atoms with Gasteiger partial charge in [0.25, 0.3) is 0 Å². The zero-order valence-corrected chi connectivity index (χ0v) is 7.84. The molecule has 0 saturated heterocycles. The summed E-state index contributed by atoms with van der Waals surface area (Å²) in [6.07, 6.45) is 4.35. The first-order chi connectivity index (χ1) is 6.16. The second-order valence-electron chi connectivity index (χ2n) is 4.34. The van der Waals surface area contributed by atoms with E-state index in [4.69, 9.17) is 5.26 Å². The second-order valence-corrected chi connectivity index (χ2v) is 4.34. The van der Waals surface area contributed by atoms with Gasteiger partial charge in [0.15, 0.2) is 0 Å². The lowest BCUT2D eigenvalue weighted by atomic mass is 9.82. The van der Waals surface area contributed by atoms with Gasteiger partial charge in [-0.25, -0.2) is 0 Å². The highest BCUT2D eigenvalue weighted by molar-refractivity contribution is 5.74. The molecule has 1 amide bonds. The molecule has 70 valence electrons. The zero-order valence-electron chi connectivity index (χ0n) is 7.84. The van der Waals surface area contributed by atoms with Crippen molar-refractivity contribution in [3.63, 3.8) is 0 Å². The lowest BCUT2D eigenvalue weighted by Crippen LogP contribution is -2.50. The van der Waals surface area contributed by atoms with E-state index in [-0.39, 0.29) is 5.91 Å². The van der Waals surface area contributed by atoms with Crippen LogP contribution in [-0.4, -0.2) is 11.4 Å². The van der Waals surface area contributed by atoms with Crippen LogP contribution in [0.5, 0.6) is 0 Å². The van der Waals surface area contributed by atoms with E-state index in [2.05, 4.69) is 11.4 Å². The Labute approximate surface area is 78.1 Å². The summed E-state index contributed by atoms with van der Waals surface area (Å²) in [6.45, 7) is 1.49. The fourth-order valence-corrected chi connectivity index (χ4v) is 2.96. The SMILES string of the molecule is CC(=O)N[C@]1(C#N)C[C@H]2CC[C@H]1C2. The normalized spacial score (nSPS) is 41.5. The Morgan fingerprint density at radius 2 is 2.38 bits per heavy atom. The number of nitrogens with zero attached hydrogens (tertiary/aromatic N) is 1. The largest absolute Gasteiger partial charge is 0.338 e. The van der Waals surface area contributed by atoms with Crippen molar-refractivity contribution in [2.75, 3.05) is 0 Å². The third-order valence-electron chi connectivity index (χ3n) is 3.45. The predicted molar refractivity (Wildman–Crippen MR) is 47.6 cm³/mol. The van der Waals surface area contributed by atoms with E-state index in [1.165, 1.54) is 13.3 Å². The molecular weight excluding hydrogens is 164 g/mol. The van der Waals surface area contributed by atoms with Crippen molar-refractivity contribution < 1.29 is 4.79 Å². The highest BCUT2D eigenvalue weighted by Crippen LogP contribution is 2.50. The van der Waals surface area contributed by atoms with Crippen molar-refractivity contribution in [2.45, 2.75) is 38.1 Å². The molecule has 13 heavy (non-hydrogen) atoms. The zero-order chi connectivity index (χ0) is 9.47. The molecule has 0 radical (unpaired) electrons. The fourth-order valence-electron chi connectivity index (χ4n) is 2.96. The van der Waals surface area contributed by atoms with Gasteiger partial charge in [0.05, 0.1) is 6.07 Å². The average molecular weight is 178 g/mol. The maximum absolute atomic E-state index is 11.0. The van der Waals surface area contributed by atoms with Gasteiger partial charge < -0.3 is 5.32 Å². The molecule has 2 aliphatic rings. The van der Waals surface area contributed by atoms with E-state index in [1.54, 1.807) is 0 Å². The van der Waals surface area contributed by atoms with E-state index in [0.717, 1.165) is 19.3 Å². The lowest BCUT2D eigenvalue weighted by molar-refractivity contribution is -0.120. The Bertz CT molecular complexity index is 281. The Kier molecular flexibility index (Phi) is 1.80. The molecule has 0 heterocycles. The van der Waals surface area contributed by atoms with Gasteiger partial charge in [0.2, 0.25) is 5.91 Å². The van der Waals surface area contributed by atoms with Crippen LogP contribution in [0.1, 0.15) is 32.6 Å². The van der Waals surface area contributed by atoms with Gasteiger partial charge in [-0.1, -0.05) is 0 Å². The summed E-state index contributed by atoms with van der Waals surface area (Å²) in [7, 11) is 0. The first kappa shape index (κ1) is 8.55. The highest BCUT2D eigenvalue weighted by Gasteiger charge is 2.51. The third-order valence-corrected chi connectivity index (χ3v) is 3.45. The van der Waals surface area contributed by atoms with Crippen molar-refractivity contribution in [1.29, 1.82) is 5.26 Å². The molecule has 0 spiro atoms. The van der Waals surface area contributed by atoms with Crippen LogP contribution in [0, 0.1) is 23.2 Å². The molecule has 3 nitrogen and oxygen atoms in total. The number of rotatable bonds is 1. The van der Waals surface area contributed by atoms with Crippen LogP contribution in [-0.2, 0) is 4.79 Å². The van der Waals surface area contributed by atoms with Crippen molar-refractivity contribution in [3.8, 4) is 6.07 Å². The smallest absolute Gasteiger partial charge is 0.218 e. The monoisotopic (exact) mass is 178 g/mol. The first-order valence-corrected chi connectivity index (χ1v) is 4.86. The summed E-state index contributed by atoms with van der Waals surface area (Å²) in [5, 5.41) is 12.0. The van der Waals surface area contributed by atoms with Crippen LogP contribution in [0.15, 0.2) is 0 Å². The van der Waals surface area contributed by atoms with Gasteiger partial charge in [0, 0.05) is 6.92 Å². The molecule has 0 unspecified atom stereocenters. The predicted octanol–water partition coefficient (Wildman–Crippen LogP) is 1.20. The molecule has 0 aromatic carbocycles. The maximum Gasteiger partial charge on any atom is 0.218 e. The number of carbonyl (C=O) groups is 1. The van der Waals surface area contributed by atoms with Gasteiger partial charge in [-0.3, -0.25) is 4.79 Å². The van der Waals surface area contributed by atoms with Crippen LogP contribution in [0.2, 0.25) is 0 Å². The van der Waals surface area contributed by atoms with E-state index in [0.29, 0.717) is 11.8 Å². The number of hydrogen-bond acceptors (Lipinski definition) is 2. The van der Waals surface area contributed by atoms with Gasteiger partial charge >= 0.3 is 0 Å². The molecule has 0 aromatic heterocycles. The molecule has 3 heteroatoms. The van der Waals surface area contributed by atoms with Crippen LogP contribution >= 0.6 is 0 Å². The summed E-state index contributed by atoms with van der Waals surface area (Å²) in [5.41, 5.74) is -0.519. The molecule has 0 aromatic rings. The highest BCUT2D eigenvalue weighted by atomic mass is 16.1. The van der Waals surface area contributed by atoms with Crippen LogP contribution in [0.25, 0.3) is 0 Å². The number of hydrogen-bond donors (Lipinski definition) is 1. The summed E-state index contributed by atoms with van der Waals surface area (Å²) < 4.78 is 0. The van der Waals surface area contributed by atoms with Gasteiger partial charge in [-0.2, -0.15) is 5.26 Å². The molecule has 0 aliphatic heterocycles. The Balaban J connectivity index is 2.18. The minimum absolute atomic E-state index is 0.0749. The van der Waals surface area contributed by atoms with Crippen LogP contribution in [0.3, 0.4) is 0 Å². The van der Waals surface area contributed by atoms with Crippen molar-refractivity contribution in [2.24, 2.45) is 11.8 Å². The summed E-state index contributed by atoms with van der Waals surface area (Å²) in [4.78, 5) is 11.0. The van der Waals surface area contributed by atoms with Gasteiger partial charge in [-0.05, 0) is 37.5 Å². The van der Waals surface area contributed by atoms with Crippen LogP contribution < -0.4 is 5.32 Å². The maximum atomic E-state index is 11.0. The topological polar surface area (TPSA) is 52.9 Å². The van der Waals surface area contributed by atoms with Crippen LogP contribution in [0.4, 0.5) is 0 Å². The molecule has 1 N–H and O–H groups in total. The molecule has 3 atom stereocenters. The van der Waals surface area contributed by atoms with Crippen molar-refractivity contribution in [3.05, 3.63) is 0 Å². The molecular formula is C10H14N2O. The number of fused-ring (bicyclic) bond motifs is 2. The summed E-state index contributed by atoms with van der Waals surface area (Å²) in [5.74, 6) is 1.01. The first-order valence-electron chi connectivity index (χ1n) is 4.86. The van der Waals surface area contributed by atoms with E-state index in [9.17, 15) is 4.79 Å². The average Bonchev–Trinajstić information content (AvgIpc) is 2.62. The number of amides is 1. The van der Waals surface area contributed by atoms with Crippen molar-refractivity contribution >= 4 is 5.91 Å². The van der Waals surface area contributed by atoms with E-state index < -0.39 is 5.54 Å². The third kappa shape index (κ3) is 1.21. The van der Waals surface area contributed by atoms with E-state index in [1.807, 2.05) is 0 Å². The minimum Gasteiger partial charge on any atom is -0.338 e. The molecule has 2 rings (SSSR count). The number of carbonyl (C=O) groups excluding carboxylic acids is 1. The minimum atomic E-state index is -0.519. The van der Waals surface area contributed by atoms with Gasteiger partial charge in [0.1, 0.15) is 5.54 Å². The second kappa shape index (κ2) is 2.73. The van der Waals surface area contributed by atoms with E-state index >= 15 is 0 Å². The molecule has 2 bridgehead atoms. The molecule has 2 saturated carbocycles. The number of nitrogens with one attached hydrogen (secondary N) is 1. The quantitative estimate of drug-likeness (QED) is 0.656.